The fourth-order valence-corrected chi connectivity index (χ4v) is 1.49. The topological polar surface area (TPSA) is 70.5 Å². The molecule has 5 heteroatoms. The van der Waals surface area contributed by atoms with Crippen LogP contribution in [0.5, 0.6) is 0 Å². The van der Waals surface area contributed by atoms with E-state index in [0.717, 1.165) is 0 Å². The van der Waals surface area contributed by atoms with Gasteiger partial charge >= 0.3 is 5.71 Å². The van der Waals surface area contributed by atoms with Gasteiger partial charge in [0.15, 0.2) is 5.78 Å². The molecular weight excluding hydrogens is 216 g/mol. The first-order chi connectivity index (χ1) is 6.74. The molecule has 0 bridgehead atoms. The SMILES string of the molecule is Cl.[N-]=[N+]=C1CC(=O)c2ccccc2C1=O. The summed E-state index contributed by atoms with van der Waals surface area (Å²) in [6.07, 6.45) is -0.119. The number of nitrogens with zero attached hydrogens (tertiary/aromatic N) is 2. The summed E-state index contributed by atoms with van der Waals surface area (Å²) < 4.78 is 0. The number of fused-ring (bicyclic) bond motifs is 1. The number of hydrogen-bond acceptors (Lipinski definition) is 2. The Morgan fingerprint density at radius 1 is 1.13 bits per heavy atom. The van der Waals surface area contributed by atoms with Crippen molar-refractivity contribution in [2.75, 3.05) is 0 Å². The molecule has 1 aliphatic carbocycles. The molecule has 1 aromatic carbocycles. The van der Waals surface area contributed by atoms with E-state index < -0.39 is 0 Å². The van der Waals surface area contributed by atoms with Crippen LogP contribution in [0.25, 0.3) is 5.53 Å². The molecular formula is C10H7ClN2O2. The molecule has 0 spiro atoms. The maximum atomic E-state index is 11.6. The van der Waals surface area contributed by atoms with Gasteiger partial charge in [0.1, 0.15) is 6.42 Å². The van der Waals surface area contributed by atoms with E-state index >= 15 is 0 Å². The number of rotatable bonds is 0. The van der Waals surface area contributed by atoms with Crippen LogP contribution in [0, 0.1) is 0 Å². The summed E-state index contributed by atoms with van der Waals surface area (Å²) >= 11 is 0. The number of benzene rings is 1. The van der Waals surface area contributed by atoms with Crippen molar-refractivity contribution in [1.29, 1.82) is 0 Å². The lowest BCUT2D eigenvalue weighted by molar-refractivity contribution is -0.00889. The lowest BCUT2D eigenvalue weighted by Gasteiger charge is -2.08. The van der Waals surface area contributed by atoms with Crippen molar-refractivity contribution >= 4 is 29.7 Å². The molecule has 0 unspecified atom stereocenters. The lowest BCUT2D eigenvalue weighted by atomic mass is 9.88. The van der Waals surface area contributed by atoms with Crippen LogP contribution in [0.15, 0.2) is 24.3 Å². The van der Waals surface area contributed by atoms with Gasteiger partial charge in [0.25, 0.3) is 5.78 Å². The summed E-state index contributed by atoms with van der Waals surface area (Å²) in [5.41, 5.74) is 9.15. The fraction of sp³-hybridized carbons (Fsp3) is 0.100. The molecule has 76 valence electrons. The van der Waals surface area contributed by atoms with Crippen molar-refractivity contribution in [3.8, 4) is 0 Å². The molecule has 0 heterocycles. The average molecular weight is 223 g/mol. The summed E-state index contributed by atoms with van der Waals surface area (Å²) in [4.78, 5) is 25.8. The van der Waals surface area contributed by atoms with Gasteiger partial charge in [-0.1, -0.05) is 24.3 Å². The molecule has 0 aliphatic heterocycles. The van der Waals surface area contributed by atoms with E-state index in [2.05, 4.69) is 4.79 Å². The first-order valence-corrected chi connectivity index (χ1v) is 4.12. The van der Waals surface area contributed by atoms with Gasteiger partial charge in [0, 0.05) is 11.1 Å². The normalized spacial score (nSPS) is 14.0. The number of carbonyl (C=O) groups is 2. The summed E-state index contributed by atoms with van der Waals surface area (Å²) in [6, 6.07) is 6.53. The van der Waals surface area contributed by atoms with Crippen molar-refractivity contribution in [2.45, 2.75) is 6.42 Å². The molecule has 0 N–H and O–H groups in total. The fourth-order valence-electron chi connectivity index (χ4n) is 1.49. The van der Waals surface area contributed by atoms with E-state index in [1.165, 1.54) is 0 Å². The average Bonchev–Trinajstić information content (AvgIpc) is 2.23. The van der Waals surface area contributed by atoms with Crippen LogP contribution in [0.4, 0.5) is 0 Å². The van der Waals surface area contributed by atoms with Crippen LogP contribution in [-0.2, 0) is 0 Å². The summed E-state index contributed by atoms with van der Waals surface area (Å²) in [5.74, 6) is -0.560. The molecule has 4 nitrogen and oxygen atoms in total. The van der Waals surface area contributed by atoms with Crippen LogP contribution in [0.2, 0.25) is 0 Å². The van der Waals surface area contributed by atoms with Crippen LogP contribution >= 0.6 is 12.4 Å². The predicted octanol–water partition coefficient (Wildman–Crippen LogP) is 1.55. The Morgan fingerprint density at radius 2 is 1.73 bits per heavy atom. The maximum Gasteiger partial charge on any atom is 0.347 e. The molecule has 15 heavy (non-hydrogen) atoms. The first-order valence-electron chi connectivity index (χ1n) is 4.12. The number of ketones is 2. The van der Waals surface area contributed by atoms with E-state index in [-0.39, 0.29) is 36.1 Å². The highest BCUT2D eigenvalue weighted by atomic mass is 35.5. The maximum absolute atomic E-state index is 11.6. The zero-order valence-corrected chi connectivity index (χ0v) is 8.45. The lowest BCUT2D eigenvalue weighted by Crippen LogP contribution is -2.27. The minimum absolute atomic E-state index is 0. The highest BCUT2D eigenvalue weighted by molar-refractivity contribution is 6.50. The molecule has 0 saturated carbocycles. The smallest absolute Gasteiger partial charge is 0.347 e. The Hall–Kier alpha value is -1.77. The van der Waals surface area contributed by atoms with Gasteiger partial charge in [-0.05, 0) is 0 Å². The van der Waals surface area contributed by atoms with Crippen molar-refractivity contribution in [1.82, 2.24) is 0 Å². The highest BCUT2D eigenvalue weighted by Crippen LogP contribution is 2.18. The van der Waals surface area contributed by atoms with Crippen molar-refractivity contribution in [3.63, 3.8) is 0 Å². The largest absolute Gasteiger partial charge is 0.361 e. The molecule has 1 aromatic rings. The van der Waals surface area contributed by atoms with Crippen LogP contribution < -0.4 is 0 Å². The molecule has 2 rings (SSSR count). The Balaban J connectivity index is 0.00000112. The molecule has 0 aromatic heterocycles. The standard InChI is InChI=1S/C10H6N2O2.ClH/c11-12-8-5-9(13)6-3-1-2-4-7(6)10(8)14;/h1-4H,5H2;1H. The zero-order valence-electron chi connectivity index (χ0n) is 7.64. The van der Waals surface area contributed by atoms with Gasteiger partial charge in [0.2, 0.25) is 0 Å². The second-order valence-electron chi connectivity index (χ2n) is 3.02. The first kappa shape index (κ1) is 11.3. The van der Waals surface area contributed by atoms with E-state index in [1.807, 2.05) is 0 Å². The van der Waals surface area contributed by atoms with Gasteiger partial charge in [-0.15, -0.1) is 12.4 Å². The Bertz CT molecular complexity index is 490. The third-order valence-electron chi connectivity index (χ3n) is 2.18. The van der Waals surface area contributed by atoms with E-state index in [0.29, 0.717) is 11.1 Å². The number of hydrogen-bond donors (Lipinski definition) is 0. The number of carbonyl (C=O) groups excluding carboxylic acids is 2. The van der Waals surface area contributed by atoms with Crippen LogP contribution in [-0.4, -0.2) is 22.1 Å². The van der Waals surface area contributed by atoms with Gasteiger partial charge in [0.05, 0.1) is 0 Å². The van der Waals surface area contributed by atoms with E-state index in [4.69, 9.17) is 5.53 Å². The number of Topliss-reactive ketones (excluding diaryl/α,β-unsaturated/α-hetero) is 2. The van der Waals surface area contributed by atoms with E-state index in [1.54, 1.807) is 24.3 Å². The summed E-state index contributed by atoms with van der Waals surface area (Å²) in [6.45, 7) is 0. The third kappa shape index (κ3) is 1.73. The van der Waals surface area contributed by atoms with Crippen molar-refractivity contribution in [3.05, 3.63) is 40.9 Å². The zero-order chi connectivity index (χ0) is 10.1. The predicted molar refractivity (Wildman–Crippen MR) is 55.6 cm³/mol. The second-order valence-corrected chi connectivity index (χ2v) is 3.02. The van der Waals surface area contributed by atoms with Gasteiger partial charge in [-0.2, -0.15) is 4.79 Å². The van der Waals surface area contributed by atoms with Gasteiger partial charge < -0.3 is 5.53 Å². The molecule has 0 saturated heterocycles. The monoisotopic (exact) mass is 222 g/mol. The minimum Gasteiger partial charge on any atom is -0.361 e. The Morgan fingerprint density at radius 3 is 2.33 bits per heavy atom. The minimum atomic E-state index is -0.372. The van der Waals surface area contributed by atoms with Crippen LogP contribution in [0.1, 0.15) is 27.1 Å². The van der Waals surface area contributed by atoms with Gasteiger partial charge in [-0.3, -0.25) is 9.59 Å². The highest BCUT2D eigenvalue weighted by Gasteiger charge is 2.34. The second kappa shape index (κ2) is 4.17. The third-order valence-corrected chi connectivity index (χ3v) is 2.18. The molecule has 0 amide bonds. The Labute approximate surface area is 91.9 Å². The number of halogens is 1. The quantitative estimate of drug-likeness (QED) is 0.494. The molecule has 0 atom stereocenters. The van der Waals surface area contributed by atoms with E-state index in [9.17, 15) is 9.59 Å². The molecule has 0 radical (unpaired) electrons. The molecule has 0 fully saturated rings. The van der Waals surface area contributed by atoms with Crippen LogP contribution in [0.3, 0.4) is 0 Å². The van der Waals surface area contributed by atoms with Crippen molar-refractivity contribution < 1.29 is 14.4 Å². The molecule has 1 aliphatic rings. The summed E-state index contributed by atoms with van der Waals surface area (Å²) in [7, 11) is 0. The van der Waals surface area contributed by atoms with Crippen molar-refractivity contribution in [2.24, 2.45) is 0 Å². The Kier molecular flexibility index (Phi) is 3.14. The summed E-state index contributed by atoms with van der Waals surface area (Å²) in [5, 5.41) is 0. The van der Waals surface area contributed by atoms with Gasteiger partial charge in [-0.25, -0.2) is 0 Å².